The molecule has 2 aromatic heterocycles. The molecule has 32 heavy (non-hydrogen) atoms. The van der Waals surface area contributed by atoms with Crippen LogP contribution in [0.25, 0.3) is 22.3 Å². The topological polar surface area (TPSA) is 114 Å². The van der Waals surface area contributed by atoms with Crippen molar-refractivity contribution in [3.8, 4) is 11.4 Å². The van der Waals surface area contributed by atoms with Crippen LogP contribution in [0, 0.1) is 5.82 Å². The molecular weight excluding hydrogens is 417 g/mol. The number of rotatable bonds is 2. The normalized spacial score (nSPS) is 20.6. The third-order valence-corrected chi connectivity index (χ3v) is 7.11. The van der Waals surface area contributed by atoms with Gasteiger partial charge in [-0.3, -0.25) is 15.5 Å². The Morgan fingerprint density at radius 1 is 1.22 bits per heavy atom. The molecule has 3 aromatic rings. The van der Waals surface area contributed by atoms with E-state index < -0.39 is 17.4 Å². The number of anilines is 1. The first-order chi connectivity index (χ1) is 15.4. The minimum atomic E-state index is -1.89. The molecular formula is C23H20FN3O5. The van der Waals surface area contributed by atoms with Gasteiger partial charge in [-0.25, -0.2) is 14.2 Å². The third kappa shape index (κ3) is 2.24. The predicted octanol–water partition coefficient (Wildman–Crippen LogP) is 2.51. The fourth-order valence-corrected chi connectivity index (χ4v) is 5.48. The fourth-order valence-electron chi connectivity index (χ4n) is 5.48. The predicted molar refractivity (Wildman–Crippen MR) is 112 cm³/mol. The standard InChI is InChI=1S/C23H20FN3O5/c1-2-23(30)14-6-17-20-12(8-27(17)21(28)13(14)9-32-22(23)29)10-4-3-5-11-18(10)16(25-20)7-15(24)19(11)26-31/h6-7,26,30-31H,2-5,8-9H2,1H3/t23-/m0/s1. The maximum Gasteiger partial charge on any atom is 0.343 e. The van der Waals surface area contributed by atoms with Crippen molar-refractivity contribution in [2.75, 3.05) is 5.48 Å². The van der Waals surface area contributed by atoms with E-state index in [1.807, 2.05) is 5.48 Å². The van der Waals surface area contributed by atoms with Crippen molar-refractivity contribution in [1.29, 1.82) is 0 Å². The zero-order valence-electron chi connectivity index (χ0n) is 17.3. The Balaban J connectivity index is 1.67. The van der Waals surface area contributed by atoms with Crippen molar-refractivity contribution in [2.45, 2.75) is 51.4 Å². The molecule has 3 N–H and O–H groups in total. The highest BCUT2D eigenvalue weighted by Crippen LogP contribution is 2.44. The second kappa shape index (κ2) is 6.36. The smallest absolute Gasteiger partial charge is 0.343 e. The van der Waals surface area contributed by atoms with Crippen LogP contribution in [0.15, 0.2) is 16.9 Å². The van der Waals surface area contributed by atoms with Gasteiger partial charge in [0, 0.05) is 22.6 Å². The highest BCUT2D eigenvalue weighted by atomic mass is 19.1. The van der Waals surface area contributed by atoms with Crippen molar-refractivity contribution in [1.82, 2.24) is 9.55 Å². The third-order valence-electron chi connectivity index (χ3n) is 7.11. The van der Waals surface area contributed by atoms with Crippen molar-refractivity contribution < 1.29 is 24.2 Å². The Hall–Kier alpha value is -3.30. The van der Waals surface area contributed by atoms with E-state index in [1.54, 1.807) is 17.6 Å². The molecule has 1 aliphatic carbocycles. The number of pyridine rings is 2. The van der Waals surface area contributed by atoms with E-state index >= 15 is 0 Å². The van der Waals surface area contributed by atoms with Gasteiger partial charge in [-0.15, -0.1) is 0 Å². The first kappa shape index (κ1) is 19.4. The maximum atomic E-state index is 14.6. The molecule has 6 rings (SSSR count). The van der Waals surface area contributed by atoms with Gasteiger partial charge in [-0.05, 0) is 42.9 Å². The van der Waals surface area contributed by atoms with Crippen LogP contribution in [-0.4, -0.2) is 25.8 Å². The Bertz CT molecular complexity index is 1430. The largest absolute Gasteiger partial charge is 0.458 e. The van der Waals surface area contributed by atoms with E-state index in [4.69, 9.17) is 9.72 Å². The number of cyclic esters (lactones) is 1. The zero-order valence-corrected chi connectivity index (χ0v) is 17.3. The molecule has 0 unspecified atom stereocenters. The van der Waals surface area contributed by atoms with E-state index in [0.29, 0.717) is 35.4 Å². The van der Waals surface area contributed by atoms with E-state index in [0.717, 1.165) is 29.4 Å². The van der Waals surface area contributed by atoms with Gasteiger partial charge >= 0.3 is 5.97 Å². The summed E-state index contributed by atoms with van der Waals surface area (Å²) < 4.78 is 21.3. The molecule has 3 aliphatic rings. The van der Waals surface area contributed by atoms with Crippen molar-refractivity contribution in [2.24, 2.45) is 0 Å². The molecule has 8 nitrogen and oxygen atoms in total. The Labute approximate surface area is 181 Å². The zero-order chi connectivity index (χ0) is 22.4. The molecule has 1 aromatic carbocycles. The van der Waals surface area contributed by atoms with Gasteiger partial charge in [0.1, 0.15) is 6.61 Å². The number of nitrogens with one attached hydrogen (secondary N) is 1. The van der Waals surface area contributed by atoms with Crippen LogP contribution >= 0.6 is 0 Å². The van der Waals surface area contributed by atoms with Crippen molar-refractivity contribution in [3.63, 3.8) is 0 Å². The quantitative estimate of drug-likeness (QED) is 0.326. The van der Waals surface area contributed by atoms with Crippen molar-refractivity contribution >= 4 is 22.6 Å². The summed E-state index contributed by atoms with van der Waals surface area (Å²) in [5.74, 6) is -1.37. The number of carbonyl (C=O) groups excluding carboxylic acids is 1. The van der Waals surface area contributed by atoms with E-state index in [1.165, 1.54) is 6.07 Å². The van der Waals surface area contributed by atoms with Crippen LogP contribution in [0.4, 0.5) is 10.1 Å². The lowest BCUT2D eigenvalue weighted by Crippen LogP contribution is -2.44. The summed E-state index contributed by atoms with van der Waals surface area (Å²) in [5.41, 5.74) is 4.40. The number of halogens is 1. The van der Waals surface area contributed by atoms with Crippen LogP contribution < -0.4 is 11.0 Å². The summed E-state index contributed by atoms with van der Waals surface area (Å²) in [6.45, 7) is 1.77. The number of hydrogen-bond donors (Lipinski definition) is 3. The number of hydrogen-bond acceptors (Lipinski definition) is 7. The number of aryl methyl sites for hydroxylation is 2. The molecule has 4 heterocycles. The van der Waals surface area contributed by atoms with Gasteiger partial charge in [0.05, 0.1) is 34.7 Å². The summed E-state index contributed by atoms with van der Waals surface area (Å²) in [4.78, 5) is 30.4. The van der Waals surface area contributed by atoms with Crippen LogP contribution in [-0.2, 0) is 41.1 Å². The lowest BCUT2D eigenvalue weighted by molar-refractivity contribution is -0.172. The summed E-state index contributed by atoms with van der Waals surface area (Å²) in [6.07, 6.45) is 2.19. The SMILES string of the molecule is CC[C@@]1(O)C(=O)OCc2c1cc1n(c2=O)Cc2c-1nc1cc(F)c(NO)c3c1c2CCC3. The molecule has 164 valence electrons. The molecule has 0 amide bonds. The number of carbonyl (C=O) groups is 1. The van der Waals surface area contributed by atoms with E-state index in [-0.39, 0.29) is 35.4 Å². The number of aliphatic hydroxyl groups is 1. The maximum absolute atomic E-state index is 14.6. The number of nitrogens with zero attached hydrogens (tertiary/aromatic N) is 2. The van der Waals surface area contributed by atoms with E-state index in [9.17, 15) is 24.3 Å². The first-order valence-corrected chi connectivity index (χ1v) is 10.6. The molecule has 0 saturated carbocycles. The molecule has 0 fully saturated rings. The van der Waals surface area contributed by atoms with Crippen LogP contribution in [0.1, 0.15) is 47.6 Å². The van der Waals surface area contributed by atoms with Crippen molar-refractivity contribution in [3.05, 3.63) is 56.1 Å². The summed E-state index contributed by atoms with van der Waals surface area (Å²) in [5, 5.41) is 21.3. The van der Waals surface area contributed by atoms with Gasteiger partial charge in [0.15, 0.2) is 11.4 Å². The van der Waals surface area contributed by atoms with Crippen LogP contribution in [0.5, 0.6) is 0 Å². The molecule has 0 bridgehead atoms. The average molecular weight is 437 g/mol. The van der Waals surface area contributed by atoms with E-state index in [2.05, 4.69) is 0 Å². The summed E-state index contributed by atoms with van der Waals surface area (Å²) >= 11 is 0. The second-order valence-corrected chi connectivity index (χ2v) is 8.59. The highest BCUT2D eigenvalue weighted by molar-refractivity contribution is 5.95. The summed E-state index contributed by atoms with van der Waals surface area (Å²) in [7, 11) is 0. The van der Waals surface area contributed by atoms with Crippen LogP contribution in [0.3, 0.4) is 0 Å². The average Bonchev–Trinajstić information content (AvgIpc) is 3.16. The minimum absolute atomic E-state index is 0.0620. The minimum Gasteiger partial charge on any atom is -0.458 e. The second-order valence-electron chi connectivity index (χ2n) is 8.59. The summed E-state index contributed by atoms with van der Waals surface area (Å²) in [6, 6.07) is 2.94. The lowest BCUT2D eigenvalue weighted by Gasteiger charge is -2.31. The Kier molecular flexibility index (Phi) is 3.86. The fraction of sp³-hybridized carbons (Fsp3) is 0.348. The van der Waals surface area contributed by atoms with Gasteiger partial charge in [-0.1, -0.05) is 6.92 Å². The van der Waals surface area contributed by atoms with Gasteiger partial charge in [-0.2, -0.15) is 0 Å². The molecule has 1 atom stereocenters. The van der Waals surface area contributed by atoms with Gasteiger partial charge < -0.3 is 14.4 Å². The Morgan fingerprint density at radius 2 is 2.00 bits per heavy atom. The molecule has 0 spiro atoms. The van der Waals surface area contributed by atoms with Crippen LogP contribution in [0.2, 0.25) is 0 Å². The number of ether oxygens (including phenoxy) is 1. The number of aromatic nitrogens is 2. The first-order valence-electron chi connectivity index (χ1n) is 10.6. The lowest BCUT2D eigenvalue weighted by atomic mass is 9.85. The highest BCUT2D eigenvalue weighted by Gasteiger charge is 2.45. The number of fused-ring (bicyclic) bond motifs is 5. The molecule has 9 heteroatoms. The monoisotopic (exact) mass is 437 g/mol. The molecule has 2 aliphatic heterocycles. The Morgan fingerprint density at radius 3 is 2.75 bits per heavy atom. The number of benzene rings is 1. The molecule has 0 saturated heterocycles. The van der Waals surface area contributed by atoms with Gasteiger partial charge in [0.2, 0.25) is 0 Å². The molecule has 0 radical (unpaired) electrons. The number of esters is 1. The van der Waals surface area contributed by atoms with Gasteiger partial charge in [0.25, 0.3) is 5.56 Å².